The predicted molar refractivity (Wildman–Crippen MR) is 92.8 cm³/mol. The zero-order valence-electron chi connectivity index (χ0n) is 13.2. The van der Waals surface area contributed by atoms with Crippen LogP contribution in [0.3, 0.4) is 0 Å². The molecule has 24 heavy (non-hydrogen) atoms. The summed E-state index contributed by atoms with van der Waals surface area (Å²) in [5.41, 5.74) is 0.458. The van der Waals surface area contributed by atoms with Crippen LogP contribution in [0.1, 0.15) is 29.0 Å². The van der Waals surface area contributed by atoms with E-state index in [-0.39, 0.29) is 12.0 Å². The lowest BCUT2D eigenvalue weighted by Gasteiger charge is -2.32. The molecule has 0 radical (unpaired) electrons. The number of nitrogens with zero attached hydrogens (tertiary/aromatic N) is 3. The van der Waals surface area contributed by atoms with Crippen molar-refractivity contribution in [1.29, 1.82) is 0 Å². The normalized spacial score (nSPS) is 17.6. The van der Waals surface area contributed by atoms with E-state index >= 15 is 0 Å². The Kier molecular flexibility index (Phi) is 5.21. The average Bonchev–Trinajstić information content (AvgIpc) is 2.54. The van der Waals surface area contributed by atoms with Crippen molar-refractivity contribution in [2.75, 3.05) is 13.1 Å². The molecule has 1 fully saturated rings. The fourth-order valence-electron chi connectivity index (χ4n) is 2.72. The number of carbonyl (C=O) groups excluding carboxylic acids is 1. The van der Waals surface area contributed by atoms with Gasteiger partial charge < -0.3 is 9.64 Å². The fourth-order valence-corrected chi connectivity index (χ4v) is 3.21. The second-order valence-electron chi connectivity index (χ2n) is 5.70. The van der Waals surface area contributed by atoms with Crippen molar-refractivity contribution in [2.24, 2.45) is 0 Å². The van der Waals surface area contributed by atoms with Crippen LogP contribution in [-0.4, -0.2) is 40.0 Å². The lowest BCUT2D eigenvalue weighted by atomic mass is 10.1. The number of carbonyl (C=O) groups is 1. The SMILES string of the molecule is Cc1nccc(OC2CCCN(C(=O)c3ccc(Cl)cc3Cl)C2)n1. The molecule has 0 aliphatic carbocycles. The van der Waals surface area contributed by atoms with Crippen LogP contribution >= 0.6 is 23.2 Å². The van der Waals surface area contributed by atoms with E-state index in [0.717, 1.165) is 12.8 Å². The molecule has 3 rings (SSSR count). The number of benzene rings is 1. The highest BCUT2D eigenvalue weighted by atomic mass is 35.5. The Morgan fingerprint density at radius 2 is 2.17 bits per heavy atom. The number of aryl methyl sites for hydroxylation is 1. The smallest absolute Gasteiger partial charge is 0.255 e. The number of amides is 1. The van der Waals surface area contributed by atoms with E-state index < -0.39 is 0 Å². The second kappa shape index (κ2) is 7.36. The number of halogens is 2. The number of hydrogen-bond acceptors (Lipinski definition) is 4. The summed E-state index contributed by atoms with van der Waals surface area (Å²) in [6, 6.07) is 6.63. The third kappa shape index (κ3) is 3.97. The van der Waals surface area contributed by atoms with Gasteiger partial charge in [0.15, 0.2) is 0 Å². The fraction of sp³-hybridized carbons (Fsp3) is 0.353. The van der Waals surface area contributed by atoms with Gasteiger partial charge in [0.25, 0.3) is 5.91 Å². The number of rotatable bonds is 3. The van der Waals surface area contributed by atoms with Crippen molar-refractivity contribution >= 4 is 29.1 Å². The van der Waals surface area contributed by atoms with Crippen molar-refractivity contribution < 1.29 is 9.53 Å². The van der Waals surface area contributed by atoms with Gasteiger partial charge in [-0.3, -0.25) is 4.79 Å². The van der Waals surface area contributed by atoms with Crippen LogP contribution < -0.4 is 4.74 Å². The number of piperidine rings is 1. The van der Waals surface area contributed by atoms with Crippen molar-refractivity contribution in [3.05, 3.63) is 51.9 Å². The Bertz CT molecular complexity index is 754. The molecule has 1 atom stereocenters. The van der Waals surface area contributed by atoms with Crippen LogP contribution in [0.4, 0.5) is 0 Å². The van der Waals surface area contributed by atoms with E-state index in [1.54, 1.807) is 35.4 Å². The molecule has 2 heterocycles. The van der Waals surface area contributed by atoms with Gasteiger partial charge in [-0.25, -0.2) is 4.98 Å². The Labute approximate surface area is 150 Å². The summed E-state index contributed by atoms with van der Waals surface area (Å²) in [6.45, 7) is 2.99. The molecule has 2 aromatic rings. The Hall–Kier alpha value is -1.85. The zero-order valence-corrected chi connectivity index (χ0v) is 14.7. The highest BCUT2D eigenvalue weighted by Gasteiger charge is 2.27. The first-order valence-corrected chi connectivity index (χ1v) is 8.49. The molecule has 1 amide bonds. The first kappa shape index (κ1) is 17.0. The summed E-state index contributed by atoms with van der Waals surface area (Å²) in [6.07, 6.45) is 3.31. The molecule has 0 bridgehead atoms. The lowest BCUT2D eigenvalue weighted by Crippen LogP contribution is -2.44. The molecule has 1 unspecified atom stereocenters. The molecular weight excluding hydrogens is 349 g/mol. The summed E-state index contributed by atoms with van der Waals surface area (Å²) in [7, 11) is 0. The topological polar surface area (TPSA) is 55.3 Å². The van der Waals surface area contributed by atoms with Gasteiger partial charge in [-0.05, 0) is 38.0 Å². The maximum atomic E-state index is 12.7. The molecule has 0 spiro atoms. The van der Waals surface area contributed by atoms with Crippen LogP contribution in [-0.2, 0) is 0 Å². The van der Waals surface area contributed by atoms with Crippen molar-refractivity contribution in [2.45, 2.75) is 25.9 Å². The summed E-state index contributed by atoms with van der Waals surface area (Å²) < 4.78 is 5.90. The summed E-state index contributed by atoms with van der Waals surface area (Å²) >= 11 is 12.0. The van der Waals surface area contributed by atoms with E-state index in [2.05, 4.69) is 9.97 Å². The molecule has 126 valence electrons. The third-order valence-electron chi connectivity index (χ3n) is 3.86. The largest absolute Gasteiger partial charge is 0.472 e. The minimum Gasteiger partial charge on any atom is -0.472 e. The van der Waals surface area contributed by atoms with E-state index in [1.165, 1.54) is 0 Å². The molecule has 1 aromatic carbocycles. The van der Waals surface area contributed by atoms with E-state index in [9.17, 15) is 4.79 Å². The molecular formula is C17H17Cl2N3O2. The van der Waals surface area contributed by atoms with Crippen LogP contribution in [0.5, 0.6) is 5.88 Å². The summed E-state index contributed by atoms with van der Waals surface area (Å²) in [4.78, 5) is 22.8. The molecule has 0 saturated carbocycles. The number of aromatic nitrogens is 2. The minimum atomic E-state index is -0.108. The van der Waals surface area contributed by atoms with E-state index in [1.807, 2.05) is 6.92 Å². The number of likely N-dealkylation sites (tertiary alicyclic amines) is 1. The highest BCUT2D eigenvalue weighted by molar-refractivity contribution is 6.36. The Morgan fingerprint density at radius 1 is 1.33 bits per heavy atom. The third-order valence-corrected chi connectivity index (χ3v) is 4.41. The summed E-state index contributed by atoms with van der Waals surface area (Å²) in [5.74, 6) is 1.08. The molecule has 0 N–H and O–H groups in total. The number of hydrogen-bond donors (Lipinski definition) is 0. The van der Waals surface area contributed by atoms with Gasteiger partial charge in [0, 0.05) is 23.8 Å². The monoisotopic (exact) mass is 365 g/mol. The average molecular weight is 366 g/mol. The molecule has 1 aliphatic rings. The van der Waals surface area contributed by atoms with Crippen molar-refractivity contribution in [3.8, 4) is 5.88 Å². The van der Waals surface area contributed by atoms with Gasteiger partial charge in [0.1, 0.15) is 11.9 Å². The maximum absolute atomic E-state index is 12.7. The van der Waals surface area contributed by atoms with Crippen LogP contribution in [0.15, 0.2) is 30.5 Å². The van der Waals surface area contributed by atoms with Crippen LogP contribution in [0.2, 0.25) is 10.0 Å². The van der Waals surface area contributed by atoms with Gasteiger partial charge in [0.05, 0.1) is 17.1 Å². The van der Waals surface area contributed by atoms with Crippen LogP contribution in [0, 0.1) is 6.92 Å². The quantitative estimate of drug-likeness (QED) is 0.830. The van der Waals surface area contributed by atoms with Gasteiger partial charge >= 0.3 is 0 Å². The van der Waals surface area contributed by atoms with E-state index in [4.69, 9.17) is 27.9 Å². The first-order chi connectivity index (χ1) is 11.5. The Balaban J connectivity index is 1.69. The highest BCUT2D eigenvalue weighted by Crippen LogP contribution is 2.24. The molecule has 1 aliphatic heterocycles. The molecule has 1 aromatic heterocycles. The Morgan fingerprint density at radius 3 is 2.92 bits per heavy atom. The van der Waals surface area contributed by atoms with Gasteiger partial charge in [-0.2, -0.15) is 4.98 Å². The van der Waals surface area contributed by atoms with Gasteiger partial charge in [0.2, 0.25) is 5.88 Å². The van der Waals surface area contributed by atoms with Crippen LogP contribution in [0.25, 0.3) is 0 Å². The molecule has 7 heteroatoms. The van der Waals surface area contributed by atoms with Gasteiger partial charge in [-0.15, -0.1) is 0 Å². The van der Waals surface area contributed by atoms with E-state index in [0.29, 0.717) is 40.4 Å². The van der Waals surface area contributed by atoms with Crippen molar-refractivity contribution in [1.82, 2.24) is 14.9 Å². The molecule has 5 nitrogen and oxygen atoms in total. The predicted octanol–water partition coefficient (Wildman–Crippen LogP) is 3.78. The first-order valence-electron chi connectivity index (χ1n) is 7.73. The summed E-state index contributed by atoms with van der Waals surface area (Å²) in [5, 5.41) is 0.873. The standard InChI is InChI=1S/C17H17Cl2N3O2/c1-11-20-7-6-16(21-11)24-13-3-2-8-22(10-13)17(23)14-5-4-12(18)9-15(14)19/h4-7,9,13H,2-3,8,10H2,1H3. The minimum absolute atomic E-state index is 0.0944. The maximum Gasteiger partial charge on any atom is 0.255 e. The lowest BCUT2D eigenvalue weighted by molar-refractivity contribution is 0.0527. The van der Waals surface area contributed by atoms with Gasteiger partial charge in [-0.1, -0.05) is 23.2 Å². The zero-order chi connectivity index (χ0) is 17.1. The van der Waals surface area contributed by atoms with Crippen molar-refractivity contribution in [3.63, 3.8) is 0 Å². The molecule has 1 saturated heterocycles. The number of ether oxygens (including phenoxy) is 1. The second-order valence-corrected chi connectivity index (χ2v) is 6.54.